The van der Waals surface area contributed by atoms with Crippen LogP contribution < -0.4 is 5.32 Å². The first-order valence-corrected chi connectivity index (χ1v) is 6.87. The molecule has 0 radical (unpaired) electrons. The Morgan fingerprint density at radius 2 is 2.33 bits per heavy atom. The summed E-state index contributed by atoms with van der Waals surface area (Å²) >= 11 is 0. The number of aromatic nitrogens is 3. The highest BCUT2D eigenvalue weighted by molar-refractivity contribution is 4.96. The van der Waals surface area contributed by atoms with Crippen molar-refractivity contribution >= 4 is 0 Å². The number of nitrogens with zero attached hydrogens (tertiary/aromatic N) is 4. The average molecular weight is 251 g/mol. The fraction of sp³-hybridized carbons (Fsp3) is 0.846. The fourth-order valence-corrected chi connectivity index (χ4v) is 2.55. The van der Waals surface area contributed by atoms with Crippen LogP contribution in [0.25, 0.3) is 0 Å². The highest BCUT2D eigenvalue weighted by Crippen LogP contribution is 2.20. The summed E-state index contributed by atoms with van der Waals surface area (Å²) in [7, 11) is 1.92. The van der Waals surface area contributed by atoms with E-state index in [1.54, 1.807) is 4.68 Å². The van der Waals surface area contributed by atoms with Gasteiger partial charge < -0.3 is 5.32 Å². The summed E-state index contributed by atoms with van der Waals surface area (Å²) in [4.78, 5) is 2.52. The van der Waals surface area contributed by atoms with Crippen molar-refractivity contribution in [3.8, 4) is 0 Å². The van der Waals surface area contributed by atoms with E-state index in [2.05, 4.69) is 41.3 Å². The van der Waals surface area contributed by atoms with E-state index in [4.69, 9.17) is 0 Å². The molecule has 5 heteroatoms. The molecule has 0 aliphatic carbocycles. The Hall–Kier alpha value is -0.940. The highest BCUT2D eigenvalue weighted by Gasteiger charge is 2.30. The lowest BCUT2D eigenvalue weighted by Gasteiger charge is -2.34. The van der Waals surface area contributed by atoms with Crippen molar-refractivity contribution in [3.05, 3.63) is 11.9 Å². The Labute approximate surface area is 110 Å². The van der Waals surface area contributed by atoms with Crippen LogP contribution >= 0.6 is 0 Å². The molecule has 1 saturated heterocycles. The molecule has 1 aromatic rings. The Bertz CT molecular complexity index is 388. The second-order valence-electron chi connectivity index (χ2n) is 5.77. The molecule has 18 heavy (non-hydrogen) atoms. The molecule has 0 bridgehead atoms. The van der Waals surface area contributed by atoms with E-state index in [1.165, 1.54) is 6.42 Å². The molecule has 1 aliphatic rings. The van der Waals surface area contributed by atoms with Crippen molar-refractivity contribution in [2.24, 2.45) is 7.05 Å². The lowest BCUT2D eigenvalue weighted by Crippen LogP contribution is -2.49. The average Bonchev–Trinajstić information content (AvgIpc) is 2.67. The maximum atomic E-state index is 4.20. The first kappa shape index (κ1) is 13.5. The van der Waals surface area contributed by atoms with Gasteiger partial charge in [-0.15, -0.1) is 5.10 Å². The summed E-state index contributed by atoms with van der Waals surface area (Å²) in [6, 6.07) is 0.591. The smallest absolute Gasteiger partial charge is 0.0967 e. The zero-order valence-electron chi connectivity index (χ0n) is 12.0. The van der Waals surface area contributed by atoms with Gasteiger partial charge in [0.2, 0.25) is 0 Å². The number of rotatable bonds is 3. The van der Waals surface area contributed by atoms with Crippen LogP contribution in [0, 0.1) is 0 Å². The number of nitrogens with one attached hydrogen (secondary N) is 1. The van der Waals surface area contributed by atoms with Crippen LogP contribution in [0.15, 0.2) is 6.20 Å². The largest absolute Gasteiger partial charge is 0.310 e. The summed E-state index contributed by atoms with van der Waals surface area (Å²) in [5.74, 6) is 0. The van der Waals surface area contributed by atoms with E-state index in [0.717, 1.165) is 31.7 Å². The van der Waals surface area contributed by atoms with Crippen molar-refractivity contribution in [2.75, 3.05) is 13.1 Å². The van der Waals surface area contributed by atoms with E-state index in [1.807, 2.05) is 13.2 Å². The van der Waals surface area contributed by atoms with Crippen molar-refractivity contribution < 1.29 is 0 Å². The van der Waals surface area contributed by atoms with Gasteiger partial charge in [0, 0.05) is 37.9 Å². The molecule has 2 rings (SSSR count). The van der Waals surface area contributed by atoms with Crippen molar-refractivity contribution in [3.63, 3.8) is 0 Å². The van der Waals surface area contributed by atoms with Crippen LogP contribution in [0.5, 0.6) is 0 Å². The van der Waals surface area contributed by atoms with E-state index in [-0.39, 0.29) is 5.54 Å². The lowest BCUT2D eigenvalue weighted by atomic mass is 9.98. The molecule has 1 aliphatic heterocycles. The van der Waals surface area contributed by atoms with Gasteiger partial charge in [-0.25, -0.2) is 0 Å². The molecule has 5 nitrogen and oxygen atoms in total. The van der Waals surface area contributed by atoms with Gasteiger partial charge in [-0.1, -0.05) is 12.1 Å². The molecule has 2 heterocycles. The van der Waals surface area contributed by atoms with Gasteiger partial charge in [0.1, 0.15) is 0 Å². The van der Waals surface area contributed by atoms with Crippen LogP contribution in [0.1, 0.15) is 39.3 Å². The Balaban J connectivity index is 2.08. The molecule has 1 aromatic heterocycles. The van der Waals surface area contributed by atoms with Gasteiger partial charge in [0.25, 0.3) is 0 Å². The highest BCUT2D eigenvalue weighted by atomic mass is 15.4. The zero-order chi connectivity index (χ0) is 13.2. The van der Waals surface area contributed by atoms with Crippen LogP contribution in [-0.2, 0) is 13.6 Å². The number of hydrogen-bond acceptors (Lipinski definition) is 4. The fourth-order valence-electron chi connectivity index (χ4n) is 2.55. The van der Waals surface area contributed by atoms with Crippen LogP contribution in [-0.4, -0.2) is 44.6 Å². The molecule has 0 spiro atoms. The third-order valence-corrected chi connectivity index (χ3v) is 4.08. The predicted octanol–water partition coefficient (Wildman–Crippen LogP) is 1.17. The molecular formula is C13H25N5. The Kier molecular flexibility index (Phi) is 4.02. The van der Waals surface area contributed by atoms with Gasteiger partial charge in [0.05, 0.1) is 5.69 Å². The Morgan fingerprint density at radius 3 is 2.94 bits per heavy atom. The molecule has 102 valence electrons. The first-order chi connectivity index (χ1) is 8.52. The molecular weight excluding hydrogens is 226 g/mol. The van der Waals surface area contributed by atoms with Crippen LogP contribution in [0.4, 0.5) is 0 Å². The second kappa shape index (κ2) is 5.36. The molecule has 0 amide bonds. The maximum absolute atomic E-state index is 4.20. The summed E-state index contributed by atoms with van der Waals surface area (Å²) in [6.45, 7) is 9.94. The molecule has 2 atom stereocenters. The minimum atomic E-state index is 0.215. The summed E-state index contributed by atoms with van der Waals surface area (Å²) in [5.41, 5.74) is 1.28. The molecule has 2 unspecified atom stereocenters. The van der Waals surface area contributed by atoms with Crippen LogP contribution in [0.2, 0.25) is 0 Å². The monoisotopic (exact) mass is 251 g/mol. The second-order valence-corrected chi connectivity index (χ2v) is 5.77. The predicted molar refractivity (Wildman–Crippen MR) is 72.2 cm³/mol. The van der Waals surface area contributed by atoms with E-state index < -0.39 is 0 Å². The van der Waals surface area contributed by atoms with Gasteiger partial charge in [-0.2, -0.15) is 0 Å². The third-order valence-electron chi connectivity index (χ3n) is 4.08. The lowest BCUT2D eigenvalue weighted by molar-refractivity contribution is 0.162. The summed E-state index contributed by atoms with van der Waals surface area (Å²) < 4.78 is 1.77. The van der Waals surface area contributed by atoms with Crippen LogP contribution in [0.3, 0.4) is 0 Å². The van der Waals surface area contributed by atoms with Crippen molar-refractivity contribution in [2.45, 2.75) is 51.7 Å². The molecule has 0 aromatic carbocycles. The number of hydrogen-bond donors (Lipinski definition) is 1. The maximum Gasteiger partial charge on any atom is 0.0967 e. The topological polar surface area (TPSA) is 46.0 Å². The third kappa shape index (κ3) is 3.09. The molecule has 0 saturated carbocycles. The summed E-state index contributed by atoms with van der Waals surface area (Å²) in [5, 5.41) is 11.9. The van der Waals surface area contributed by atoms with E-state index >= 15 is 0 Å². The van der Waals surface area contributed by atoms with E-state index in [9.17, 15) is 0 Å². The summed E-state index contributed by atoms with van der Waals surface area (Å²) in [6.07, 6.45) is 4.35. The standard InChI is InChI=1S/C13H25N5/c1-5-13(3)10-18(11(2)6-7-14-13)9-12-8-17(4)16-15-12/h8,11,14H,5-7,9-10H2,1-4H3. The minimum Gasteiger partial charge on any atom is -0.310 e. The van der Waals surface area contributed by atoms with Crippen molar-refractivity contribution in [1.29, 1.82) is 0 Å². The SMILES string of the molecule is CCC1(C)CN(Cc2cn(C)nn2)C(C)CCN1. The van der Waals surface area contributed by atoms with E-state index in [0.29, 0.717) is 6.04 Å². The number of aryl methyl sites for hydroxylation is 1. The van der Waals surface area contributed by atoms with Gasteiger partial charge >= 0.3 is 0 Å². The van der Waals surface area contributed by atoms with Gasteiger partial charge in [-0.05, 0) is 33.2 Å². The van der Waals surface area contributed by atoms with Gasteiger partial charge in [-0.3, -0.25) is 9.58 Å². The van der Waals surface area contributed by atoms with Gasteiger partial charge in [0.15, 0.2) is 0 Å². The van der Waals surface area contributed by atoms with Crippen molar-refractivity contribution in [1.82, 2.24) is 25.2 Å². The first-order valence-electron chi connectivity index (χ1n) is 6.87. The molecule has 1 N–H and O–H groups in total. The quantitative estimate of drug-likeness (QED) is 0.876. The normalized spacial score (nSPS) is 30.3. The zero-order valence-corrected chi connectivity index (χ0v) is 12.0. The molecule has 1 fully saturated rings. The minimum absolute atomic E-state index is 0.215. The Morgan fingerprint density at radius 1 is 1.56 bits per heavy atom.